The van der Waals surface area contributed by atoms with Crippen molar-refractivity contribution in [3.05, 3.63) is 34.6 Å². The predicted octanol–water partition coefficient (Wildman–Crippen LogP) is 4.35. The Balaban J connectivity index is 2.23. The van der Waals surface area contributed by atoms with Gasteiger partial charge in [0.1, 0.15) is 5.82 Å². The zero-order valence-electron chi connectivity index (χ0n) is 12.9. The first kappa shape index (κ1) is 16.7. The molecule has 118 valence electrons. The number of benzene rings is 1. The van der Waals surface area contributed by atoms with Gasteiger partial charge in [0.15, 0.2) is 0 Å². The van der Waals surface area contributed by atoms with Gasteiger partial charge in [0.2, 0.25) is 0 Å². The van der Waals surface area contributed by atoms with Crippen LogP contribution in [0.4, 0.5) is 4.39 Å². The molecule has 21 heavy (non-hydrogen) atoms. The van der Waals surface area contributed by atoms with Crippen molar-refractivity contribution in [1.82, 2.24) is 5.32 Å². The molecular formula is C17H25ClFNO. The van der Waals surface area contributed by atoms with Crippen LogP contribution in [-0.4, -0.2) is 24.8 Å². The Morgan fingerprint density at radius 1 is 1.33 bits per heavy atom. The summed E-state index contributed by atoms with van der Waals surface area (Å²) in [5.41, 5.74) is 0.717. The Hall–Kier alpha value is -0.640. The molecule has 4 heteroatoms. The Kier molecular flexibility index (Phi) is 6.03. The van der Waals surface area contributed by atoms with Gasteiger partial charge in [-0.1, -0.05) is 31.4 Å². The fraction of sp³-hybridized carbons (Fsp3) is 0.647. The first-order valence-corrected chi connectivity index (χ1v) is 8.30. The smallest absolute Gasteiger partial charge is 0.123 e. The van der Waals surface area contributed by atoms with Crippen LogP contribution in [-0.2, 0) is 11.2 Å². The highest BCUT2D eigenvalue weighted by molar-refractivity contribution is 6.31. The molecule has 0 radical (unpaired) electrons. The molecule has 0 saturated heterocycles. The van der Waals surface area contributed by atoms with Gasteiger partial charge in [-0.3, -0.25) is 0 Å². The maximum atomic E-state index is 13.5. The molecule has 0 heterocycles. The van der Waals surface area contributed by atoms with Gasteiger partial charge in [-0.2, -0.15) is 0 Å². The quantitative estimate of drug-likeness (QED) is 0.808. The SMILES string of the molecule is CCNC(Cc1cc(F)ccc1Cl)C1(OCC)CCCC1. The van der Waals surface area contributed by atoms with Gasteiger partial charge >= 0.3 is 0 Å². The van der Waals surface area contributed by atoms with Crippen molar-refractivity contribution in [2.45, 2.75) is 57.6 Å². The molecule has 1 aromatic rings. The number of hydrogen-bond acceptors (Lipinski definition) is 2. The summed E-state index contributed by atoms with van der Waals surface area (Å²) in [6.45, 7) is 5.71. The third-order valence-corrected chi connectivity index (χ3v) is 4.77. The van der Waals surface area contributed by atoms with Crippen LogP contribution < -0.4 is 5.32 Å². The molecule has 1 N–H and O–H groups in total. The number of likely N-dealkylation sites (N-methyl/N-ethyl adjacent to an activating group) is 1. The highest BCUT2D eigenvalue weighted by Gasteiger charge is 2.41. The maximum Gasteiger partial charge on any atom is 0.123 e. The van der Waals surface area contributed by atoms with Crippen molar-refractivity contribution < 1.29 is 9.13 Å². The molecule has 0 aromatic heterocycles. The zero-order valence-corrected chi connectivity index (χ0v) is 13.7. The van der Waals surface area contributed by atoms with Gasteiger partial charge in [0, 0.05) is 17.7 Å². The standard InChI is InChI=1S/C17H25ClFNO/c1-3-20-16(17(21-4-2)9-5-6-10-17)12-13-11-14(19)7-8-15(13)18/h7-8,11,16,20H,3-6,9-10,12H2,1-2H3. The summed E-state index contributed by atoms with van der Waals surface area (Å²) in [4.78, 5) is 0. The summed E-state index contributed by atoms with van der Waals surface area (Å²) in [7, 11) is 0. The molecule has 1 aromatic carbocycles. The van der Waals surface area contributed by atoms with Gasteiger partial charge in [0.25, 0.3) is 0 Å². The summed E-state index contributed by atoms with van der Waals surface area (Å²) in [6, 6.07) is 4.75. The lowest BCUT2D eigenvalue weighted by molar-refractivity contribution is -0.0609. The molecule has 1 fully saturated rings. The normalized spacial score (nSPS) is 18.9. The third-order valence-electron chi connectivity index (χ3n) is 4.40. The average Bonchev–Trinajstić information content (AvgIpc) is 2.92. The Morgan fingerprint density at radius 2 is 2.05 bits per heavy atom. The first-order valence-electron chi connectivity index (χ1n) is 7.92. The van der Waals surface area contributed by atoms with E-state index in [1.165, 1.54) is 18.9 Å². The van der Waals surface area contributed by atoms with Gasteiger partial charge in [-0.15, -0.1) is 0 Å². The highest BCUT2D eigenvalue weighted by atomic mass is 35.5. The van der Waals surface area contributed by atoms with Crippen molar-refractivity contribution >= 4 is 11.6 Å². The Bertz CT molecular complexity index is 460. The fourth-order valence-electron chi connectivity index (χ4n) is 3.46. The van der Waals surface area contributed by atoms with E-state index in [0.29, 0.717) is 18.1 Å². The van der Waals surface area contributed by atoms with E-state index in [1.807, 2.05) is 6.92 Å². The fourth-order valence-corrected chi connectivity index (χ4v) is 3.66. The number of halogens is 2. The van der Waals surface area contributed by atoms with Crippen molar-refractivity contribution in [1.29, 1.82) is 0 Å². The number of ether oxygens (including phenoxy) is 1. The van der Waals surface area contributed by atoms with E-state index in [1.54, 1.807) is 12.1 Å². The monoisotopic (exact) mass is 313 g/mol. The minimum atomic E-state index is -0.235. The lowest BCUT2D eigenvalue weighted by atomic mass is 9.87. The van der Waals surface area contributed by atoms with E-state index in [4.69, 9.17) is 16.3 Å². The summed E-state index contributed by atoms with van der Waals surface area (Å²) in [6.07, 6.45) is 5.21. The minimum Gasteiger partial charge on any atom is -0.374 e. The molecule has 1 saturated carbocycles. The second kappa shape index (κ2) is 7.57. The van der Waals surface area contributed by atoms with E-state index < -0.39 is 0 Å². The second-order valence-electron chi connectivity index (χ2n) is 5.76. The summed E-state index contributed by atoms with van der Waals surface area (Å²) in [5.74, 6) is -0.235. The summed E-state index contributed by atoms with van der Waals surface area (Å²) < 4.78 is 19.6. The Morgan fingerprint density at radius 3 is 2.67 bits per heavy atom. The molecular weight excluding hydrogens is 289 g/mol. The van der Waals surface area contributed by atoms with Crippen LogP contribution in [0.2, 0.25) is 5.02 Å². The number of hydrogen-bond donors (Lipinski definition) is 1. The molecule has 2 rings (SSSR count). The van der Waals surface area contributed by atoms with Crippen LogP contribution in [0, 0.1) is 5.82 Å². The van der Waals surface area contributed by atoms with Crippen LogP contribution in [0.15, 0.2) is 18.2 Å². The molecule has 2 nitrogen and oxygen atoms in total. The van der Waals surface area contributed by atoms with Crippen LogP contribution in [0.25, 0.3) is 0 Å². The van der Waals surface area contributed by atoms with E-state index in [-0.39, 0.29) is 17.5 Å². The predicted molar refractivity (Wildman–Crippen MR) is 85.4 cm³/mol. The third kappa shape index (κ3) is 3.97. The highest BCUT2D eigenvalue weighted by Crippen LogP contribution is 2.38. The van der Waals surface area contributed by atoms with E-state index in [9.17, 15) is 4.39 Å². The minimum absolute atomic E-state index is 0.138. The lowest BCUT2D eigenvalue weighted by Crippen LogP contribution is -2.52. The molecule has 1 atom stereocenters. The molecule has 1 aliphatic carbocycles. The number of nitrogens with one attached hydrogen (secondary N) is 1. The van der Waals surface area contributed by atoms with Gasteiger partial charge in [-0.25, -0.2) is 4.39 Å². The number of rotatable bonds is 7. The van der Waals surface area contributed by atoms with Gasteiger partial charge in [0.05, 0.1) is 5.60 Å². The maximum absolute atomic E-state index is 13.5. The van der Waals surface area contributed by atoms with Crippen LogP contribution >= 0.6 is 11.6 Å². The van der Waals surface area contributed by atoms with Crippen molar-refractivity contribution in [2.75, 3.05) is 13.2 Å². The molecule has 1 unspecified atom stereocenters. The lowest BCUT2D eigenvalue weighted by Gasteiger charge is -2.38. The van der Waals surface area contributed by atoms with E-state index >= 15 is 0 Å². The second-order valence-corrected chi connectivity index (χ2v) is 6.16. The van der Waals surface area contributed by atoms with E-state index in [0.717, 1.165) is 24.9 Å². The largest absolute Gasteiger partial charge is 0.374 e. The average molecular weight is 314 g/mol. The summed E-state index contributed by atoms with van der Waals surface area (Å²) in [5, 5.41) is 4.17. The van der Waals surface area contributed by atoms with Crippen LogP contribution in [0.5, 0.6) is 0 Å². The van der Waals surface area contributed by atoms with Crippen LogP contribution in [0.1, 0.15) is 45.1 Å². The van der Waals surface area contributed by atoms with Crippen molar-refractivity contribution in [3.63, 3.8) is 0 Å². The van der Waals surface area contributed by atoms with Crippen molar-refractivity contribution in [2.24, 2.45) is 0 Å². The molecule has 0 amide bonds. The van der Waals surface area contributed by atoms with Gasteiger partial charge < -0.3 is 10.1 Å². The van der Waals surface area contributed by atoms with E-state index in [2.05, 4.69) is 12.2 Å². The van der Waals surface area contributed by atoms with Crippen LogP contribution in [0.3, 0.4) is 0 Å². The van der Waals surface area contributed by atoms with Gasteiger partial charge in [-0.05, 0) is 56.5 Å². The molecule has 0 aliphatic heterocycles. The molecule has 0 spiro atoms. The van der Waals surface area contributed by atoms with Crippen molar-refractivity contribution in [3.8, 4) is 0 Å². The zero-order chi connectivity index (χ0) is 15.3. The topological polar surface area (TPSA) is 21.3 Å². The first-order chi connectivity index (χ1) is 10.1. The molecule has 0 bridgehead atoms. The Labute approximate surface area is 132 Å². The molecule has 1 aliphatic rings. The summed E-state index contributed by atoms with van der Waals surface area (Å²) >= 11 is 6.23.